The lowest BCUT2D eigenvalue weighted by Crippen LogP contribution is -1.86. The van der Waals surface area contributed by atoms with Crippen LogP contribution in [0.15, 0.2) is 21.1 Å². The summed E-state index contributed by atoms with van der Waals surface area (Å²) in [5, 5.41) is 0. The Morgan fingerprint density at radius 3 is 1.92 bits per heavy atom. The molecule has 0 heterocycles. The van der Waals surface area contributed by atoms with E-state index in [0.29, 0.717) is 0 Å². The molecule has 0 unspecified atom stereocenters. The number of aryl methyl sites for hydroxylation is 1. The van der Waals surface area contributed by atoms with Gasteiger partial charge in [-0.3, -0.25) is 0 Å². The highest BCUT2D eigenvalue weighted by molar-refractivity contribution is 9.11. The first kappa shape index (κ1) is 12.1. The highest BCUT2D eigenvalue weighted by Gasteiger charge is 2.02. The van der Waals surface area contributed by atoms with Crippen LogP contribution in [0.25, 0.3) is 0 Å². The summed E-state index contributed by atoms with van der Waals surface area (Å²) in [4.78, 5) is 0. The SMILES string of the molecule is CCc1c(Br)cc(C)cc1Br.O. The van der Waals surface area contributed by atoms with Crippen molar-refractivity contribution >= 4 is 31.9 Å². The molecule has 12 heavy (non-hydrogen) atoms. The van der Waals surface area contributed by atoms with Crippen LogP contribution in [0.1, 0.15) is 18.1 Å². The van der Waals surface area contributed by atoms with Gasteiger partial charge in [-0.05, 0) is 36.6 Å². The van der Waals surface area contributed by atoms with Gasteiger partial charge in [0.15, 0.2) is 0 Å². The van der Waals surface area contributed by atoms with E-state index in [9.17, 15) is 0 Å². The number of hydrogen-bond acceptors (Lipinski definition) is 0. The number of hydrogen-bond donors (Lipinski definition) is 0. The average molecular weight is 296 g/mol. The highest BCUT2D eigenvalue weighted by atomic mass is 79.9. The first-order valence-corrected chi connectivity index (χ1v) is 5.18. The van der Waals surface area contributed by atoms with Gasteiger partial charge in [0.1, 0.15) is 0 Å². The molecule has 1 aromatic carbocycles. The summed E-state index contributed by atoms with van der Waals surface area (Å²) < 4.78 is 2.40. The number of benzene rings is 1. The summed E-state index contributed by atoms with van der Waals surface area (Å²) in [6.45, 7) is 4.25. The van der Waals surface area contributed by atoms with Crippen molar-refractivity contribution in [2.45, 2.75) is 20.3 Å². The van der Waals surface area contributed by atoms with Crippen LogP contribution < -0.4 is 0 Å². The van der Waals surface area contributed by atoms with Crippen LogP contribution in [0.4, 0.5) is 0 Å². The van der Waals surface area contributed by atoms with Gasteiger partial charge < -0.3 is 5.48 Å². The van der Waals surface area contributed by atoms with E-state index in [0.717, 1.165) is 6.42 Å². The molecule has 0 aliphatic heterocycles. The van der Waals surface area contributed by atoms with E-state index in [-0.39, 0.29) is 5.48 Å². The van der Waals surface area contributed by atoms with Crippen LogP contribution >= 0.6 is 31.9 Å². The third-order valence-corrected chi connectivity index (χ3v) is 3.05. The Labute approximate surface area is 89.7 Å². The Balaban J connectivity index is 0.00000121. The molecule has 1 aromatic rings. The quantitative estimate of drug-likeness (QED) is 0.762. The maximum absolute atomic E-state index is 3.53. The second-order valence-electron chi connectivity index (χ2n) is 2.56. The van der Waals surface area contributed by atoms with Crippen LogP contribution in [0, 0.1) is 6.92 Å². The fourth-order valence-electron chi connectivity index (χ4n) is 1.07. The number of halogens is 2. The standard InChI is InChI=1S/C9H10Br2.H2O/c1-3-7-8(10)4-6(2)5-9(7)11;/h4-5H,3H2,1-2H3;1H2. The van der Waals surface area contributed by atoms with Crippen LogP contribution in [0.3, 0.4) is 0 Å². The Morgan fingerprint density at radius 2 is 1.58 bits per heavy atom. The topological polar surface area (TPSA) is 31.5 Å². The molecule has 1 nitrogen and oxygen atoms in total. The van der Waals surface area contributed by atoms with E-state index in [1.165, 1.54) is 20.1 Å². The van der Waals surface area contributed by atoms with Crippen LogP contribution in [-0.4, -0.2) is 5.48 Å². The molecule has 0 aliphatic carbocycles. The molecule has 0 saturated heterocycles. The molecule has 0 atom stereocenters. The lowest BCUT2D eigenvalue weighted by atomic mass is 10.1. The van der Waals surface area contributed by atoms with Crippen molar-refractivity contribution in [3.05, 3.63) is 32.2 Å². The average Bonchev–Trinajstić information content (AvgIpc) is 1.85. The second-order valence-corrected chi connectivity index (χ2v) is 4.27. The predicted molar refractivity (Wildman–Crippen MR) is 59.6 cm³/mol. The molecular weight excluding hydrogens is 284 g/mol. The van der Waals surface area contributed by atoms with Gasteiger partial charge in [0, 0.05) is 8.95 Å². The molecule has 0 saturated carbocycles. The molecule has 0 aromatic heterocycles. The van der Waals surface area contributed by atoms with E-state index in [4.69, 9.17) is 0 Å². The summed E-state index contributed by atoms with van der Waals surface area (Å²) in [5.74, 6) is 0. The van der Waals surface area contributed by atoms with Crippen molar-refractivity contribution in [1.29, 1.82) is 0 Å². The van der Waals surface area contributed by atoms with Gasteiger partial charge in [-0.1, -0.05) is 38.8 Å². The smallest absolute Gasteiger partial charge is 0.0221 e. The van der Waals surface area contributed by atoms with Crippen molar-refractivity contribution < 1.29 is 5.48 Å². The van der Waals surface area contributed by atoms with E-state index >= 15 is 0 Å². The van der Waals surface area contributed by atoms with Crippen molar-refractivity contribution in [2.24, 2.45) is 0 Å². The summed E-state index contributed by atoms with van der Waals surface area (Å²) >= 11 is 7.06. The van der Waals surface area contributed by atoms with Gasteiger partial charge in [0.05, 0.1) is 0 Å². The largest absolute Gasteiger partial charge is 0.412 e. The van der Waals surface area contributed by atoms with Gasteiger partial charge in [-0.15, -0.1) is 0 Å². The van der Waals surface area contributed by atoms with Crippen LogP contribution in [-0.2, 0) is 6.42 Å². The molecule has 0 radical (unpaired) electrons. The van der Waals surface area contributed by atoms with Crippen molar-refractivity contribution in [2.75, 3.05) is 0 Å². The van der Waals surface area contributed by atoms with Gasteiger partial charge in [-0.2, -0.15) is 0 Å². The van der Waals surface area contributed by atoms with Gasteiger partial charge in [0.25, 0.3) is 0 Å². The Kier molecular flexibility index (Phi) is 5.06. The van der Waals surface area contributed by atoms with Gasteiger partial charge in [0.2, 0.25) is 0 Å². The first-order chi connectivity index (χ1) is 5.15. The molecular formula is C9H12Br2O. The highest BCUT2D eigenvalue weighted by Crippen LogP contribution is 2.27. The fourth-order valence-corrected chi connectivity index (χ4v) is 3.04. The van der Waals surface area contributed by atoms with E-state index < -0.39 is 0 Å². The van der Waals surface area contributed by atoms with E-state index in [2.05, 4.69) is 57.8 Å². The second kappa shape index (κ2) is 5.00. The third kappa shape index (κ3) is 2.57. The Hall–Kier alpha value is 0.140. The lowest BCUT2D eigenvalue weighted by Gasteiger charge is -2.05. The van der Waals surface area contributed by atoms with E-state index in [1.807, 2.05) is 0 Å². The molecule has 0 amide bonds. The molecule has 0 spiro atoms. The zero-order valence-electron chi connectivity index (χ0n) is 7.12. The number of rotatable bonds is 1. The fraction of sp³-hybridized carbons (Fsp3) is 0.333. The minimum Gasteiger partial charge on any atom is -0.412 e. The summed E-state index contributed by atoms with van der Waals surface area (Å²) in [5.41, 5.74) is 2.62. The maximum atomic E-state index is 3.53. The molecule has 3 heteroatoms. The third-order valence-electron chi connectivity index (χ3n) is 1.64. The minimum atomic E-state index is 0. The van der Waals surface area contributed by atoms with Gasteiger partial charge >= 0.3 is 0 Å². The summed E-state index contributed by atoms with van der Waals surface area (Å²) in [7, 11) is 0. The first-order valence-electron chi connectivity index (χ1n) is 3.59. The Morgan fingerprint density at radius 1 is 1.17 bits per heavy atom. The summed E-state index contributed by atoms with van der Waals surface area (Å²) in [6.07, 6.45) is 1.06. The van der Waals surface area contributed by atoms with Gasteiger partial charge in [-0.25, -0.2) is 0 Å². The Bertz CT molecular complexity index is 248. The zero-order chi connectivity index (χ0) is 8.43. The normalized spacial score (nSPS) is 9.33. The molecule has 2 N–H and O–H groups in total. The molecule has 68 valence electrons. The molecule has 0 fully saturated rings. The zero-order valence-corrected chi connectivity index (χ0v) is 10.3. The summed E-state index contributed by atoms with van der Waals surface area (Å²) in [6, 6.07) is 4.28. The van der Waals surface area contributed by atoms with Crippen molar-refractivity contribution in [1.82, 2.24) is 0 Å². The lowest BCUT2D eigenvalue weighted by molar-refractivity contribution is 0.824. The monoisotopic (exact) mass is 294 g/mol. The van der Waals surface area contributed by atoms with Crippen LogP contribution in [0.5, 0.6) is 0 Å². The van der Waals surface area contributed by atoms with Crippen molar-refractivity contribution in [3.8, 4) is 0 Å². The van der Waals surface area contributed by atoms with Crippen LogP contribution in [0.2, 0.25) is 0 Å². The molecule has 1 rings (SSSR count). The molecule has 0 aliphatic rings. The predicted octanol–water partition coefficient (Wildman–Crippen LogP) is 3.26. The van der Waals surface area contributed by atoms with Crippen molar-refractivity contribution in [3.63, 3.8) is 0 Å². The van der Waals surface area contributed by atoms with E-state index in [1.54, 1.807) is 0 Å². The molecule has 0 bridgehead atoms. The minimum absolute atomic E-state index is 0. The maximum Gasteiger partial charge on any atom is 0.0221 e.